The van der Waals surface area contributed by atoms with Crippen LogP contribution in [0.25, 0.3) is 0 Å². The van der Waals surface area contributed by atoms with Gasteiger partial charge in [-0.05, 0) is 73.5 Å². The van der Waals surface area contributed by atoms with Crippen LogP contribution in [-0.4, -0.2) is 10.9 Å². The topological polar surface area (TPSA) is 37.3 Å². The summed E-state index contributed by atoms with van der Waals surface area (Å²) in [6, 6.07) is 5.84. The molecule has 24 heavy (non-hydrogen) atoms. The number of phenolic OH excluding ortho intramolecular Hbond substituents is 1. The molecule has 1 N–H and O–H groups in total. The third kappa shape index (κ3) is 4.84. The number of phenols is 1. The van der Waals surface area contributed by atoms with Crippen LogP contribution in [0.3, 0.4) is 0 Å². The van der Waals surface area contributed by atoms with E-state index in [4.69, 9.17) is 0 Å². The number of aromatic hydroxyl groups is 1. The zero-order valence-corrected chi connectivity index (χ0v) is 16.1. The third-order valence-corrected chi connectivity index (χ3v) is 5.88. The summed E-state index contributed by atoms with van der Waals surface area (Å²) in [5.41, 5.74) is 2.32. The summed E-state index contributed by atoms with van der Waals surface area (Å²) in [6.07, 6.45) is 5.87. The first-order valence-electron chi connectivity index (χ1n) is 9.51. The van der Waals surface area contributed by atoms with Gasteiger partial charge in [-0.25, -0.2) is 0 Å². The molecule has 0 bridgehead atoms. The number of carbonyl (C=O) groups is 1. The standard InChI is InChI=1S/C22H34O2/c1-15(2)18-11-12-22(4,5)14-19(18)20(23)8-6-7-17-10-9-16(3)21(24)13-17/h9-10,13,15,18-19,24H,6-8,11-12,14H2,1-5H3. The molecule has 134 valence electrons. The second-order valence-corrected chi connectivity index (χ2v) is 8.86. The molecule has 2 heteroatoms. The normalized spacial score (nSPS) is 23.4. The molecule has 0 aromatic heterocycles. The molecule has 1 saturated carbocycles. The maximum Gasteiger partial charge on any atom is 0.136 e. The number of ketones is 1. The summed E-state index contributed by atoms with van der Waals surface area (Å²) in [4.78, 5) is 12.9. The quantitative estimate of drug-likeness (QED) is 0.727. The van der Waals surface area contributed by atoms with Crippen molar-refractivity contribution in [2.24, 2.45) is 23.2 Å². The summed E-state index contributed by atoms with van der Waals surface area (Å²) >= 11 is 0. The van der Waals surface area contributed by atoms with E-state index in [1.165, 1.54) is 12.8 Å². The molecule has 1 fully saturated rings. The van der Waals surface area contributed by atoms with Crippen LogP contribution >= 0.6 is 0 Å². The lowest BCUT2D eigenvalue weighted by Gasteiger charge is -2.42. The van der Waals surface area contributed by atoms with E-state index in [1.54, 1.807) is 0 Å². The van der Waals surface area contributed by atoms with Crippen LogP contribution in [0, 0.1) is 30.1 Å². The first kappa shape index (κ1) is 19.0. The Morgan fingerprint density at radius 2 is 2.04 bits per heavy atom. The van der Waals surface area contributed by atoms with E-state index in [0.29, 0.717) is 35.2 Å². The van der Waals surface area contributed by atoms with Gasteiger partial charge in [0.25, 0.3) is 0 Å². The van der Waals surface area contributed by atoms with Gasteiger partial charge >= 0.3 is 0 Å². The summed E-state index contributed by atoms with van der Waals surface area (Å²) in [7, 11) is 0. The van der Waals surface area contributed by atoms with Gasteiger partial charge in [-0.1, -0.05) is 39.8 Å². The molecule has 2 atom stereocenters. The molecule has 2 rings (SSSR count). The molecule has 0 spiro atoms. The fourth-order valence-electron chi connectivity index (χ4n) is 4.22. The lowest BCUT2D eigenvalue weighted by Crippen LogP contribution is -2.37. The Bertz CT molecular complexity index is 571. The predicted molar refractivity (Wildman–Crippen MR) is 100 cm³/mol. The maximum absolute atomic E-state index is 12.9. The fraction of sp³-hybridized carbons (Fsp3) is 0.682. The lowest BCUT2D eigenvalue weighted by molar-refractivity contribution is -0.128. The number of aryl methyl sites for hydroxylation is 2. The van der Waals surface area contributed by atoms with Gasteiger partial charge in [0.2, 0.25) is 0 Å². The zero-order chi connectivity index (χ0) is 17.9. The first-order chi connectivity index (χ1) is 11.2. The number of carbonyl (C=O) groups excluding carboxylic acids is 1. The molecular formula is C22H34O2. The van der Waals surface area contributed by atoms with Crippen molar-refractivity contribution in [1.29, 1.82) is 0 Å². The van der Waals surface area contributed by atoms with E-state index < -0.39 is 0 Å². The molecular weight excluding hydrogens is 296 g/mol. The largest absolute Gasteiger partial charge is 0.508 e. The van der Waals surface area contributed by atoms with Crippen molar-refractivity contribution >= 4 is 5.78 Å². The summed E-state index contributed by atoms with van der Waals surface area (Å²) in [5.74, 6) is 2.18. The van der Waals surface area contributed by atoms with Gasteiger partial charge in [-0.3, -0.25) is 4.79 Å². The molecule has 2 unspecified atom stereocenters. The summed E-state index contributed by atoms with van der Waals surface area (Å²) < 4.78 is 0. The van der Waals surface area contributed by atoms with Crippen LogP contribution in [0.15, 0.2) is 18.2 Å². The Kier molecular flexibility index (Phi) is 6.11. The Labute approximate surface area is 147 Å². The van der Waals surface area contributed by atoms with E-state index in [-0.39, 0.29) is 5.92 Å². The first-order valence-corrected chi connectivity index (χ1v) is 9.51. The third-order valence-electron chi connectivity index (χ3n) is 5.88. The number of Topliss-reactive ketones (excluding diaryl/α,β-unsaturated/α-hetero) is 1. The number of hydrogen-bond donors (Lipinski definition) is 1. The minimum absolute atomic E-state index is 0.236. The zero-order valence-electron chi connectivity index (χ0n) is 16.1. The van der Waals surface area contributed by atoms with E-state index in [2.05, 4.69) is 33.8 Å². The Morgan fingerprint density at radius 1 is 1.33 bits per heavy atom. The van der Waals surface area contributed by atoms with Gasteiger partial charge < -0.3 is 5.11 Å². The van der Waals surface area contributed by atoms with Crippen molar-refractivity contribution in [1.82, 2.24) is 0 Å². The van der Waals surface area contributed by atoms with Crippen molar-refractivity contribution in [3.8, 4) is 5.75 Å². The molecule has 2 nitrogen and oxygen atoms in total. The van der Waals surface area contributed by atoms with Gasteiger partial charge in [-0.15, -0.1) is 0 Å². The van der Waals surface area contributed by atoms with Crippen LogP contribution in [0.2, 0.25) is 0 Å². The molecule has 1 aliphatic carbocycles. The van der Waals surface area contributed by atoms with Crippen LogP contribution in [0.1, 0.15) is 70.9 Å². The Morgan fingerprint density at radius 3 is 2.67 bits per heavy atom. The number of rotatable bonds is 6. The molecule has 0 aliphatic heterocycles. The average Bonchev–Trinajstić information content (AvgIpc) is 2.49. The van der Waals surface area contributed by atoms with E-state index in [1.807, 2.05) is 19.1 Å². The van der Waals surface area contributed by atoms with Crippen molar-refractivity contribution in [3.05, 3.63) is 29.3 Å². The molecule has 0 heterocycles. The Hall–Kier alpha value is -1.31. The minimum atomic E-state index is 0.236. The monoisotopic (exact) mass is 330 g/mol. The maximum atomic E-state index is 12.9. The van der Waals surface area contributed by atoms with Crippen LogP contribution in [-0.2, 0) is 11.2 Å². The van der Waals surface area contributed by atoms with E-state index >= 15 is 0 Å². The summed E-state index contributed by atoms with van der Waals surface area (Å²) in [6.45, 7) is 11.0. The predicted octanol–water partition coefficient (Wildman–Crippen LogP) is 5.69. The van der Waals surface area contributed by atoms with Crippen molar-refractivity contribution in [2.75, 3.05) is 0 Å². The van der Waals surface area contributed by atoms with Gasteiger partial charge in [0.1, 0.15) is 11.5 Å². The highest BCUT2D eigenvalue weighted by molar-refractivity contribution is 5.81. The molecule has 1 aliphatic rings. The summed E-state index contributed by atoms with van der Waals surface area (Å²) in [5, 5.41) is 9.80. The number of hydrogen-bond acceptors (Lipinski definition) is 2. The molecule has 1 aromatic rings. The van der Waals surface area contributed by atoms with Gasteiger partial charge in [-0.2, -0.15) is 0 Å². The van der Waals surface area contributed by atoms with Crippen molar-refractivity contribution in [3.63, 3.8) is 0 Å². The highest BCUT2D eigenvalue weighted by Crippen LogP contribution is 2.45. The van der Waals surface area contributed by atoms with E-state index in [0.717, 1.165) is 30.4 Å². The fourth-order valence-corrected chi connectivity index (χ4v) is 4.22. The number of benzene rings is 1. The molecule has 1 aromatic carbocycles. The van der Waals surface area contributed by atoms with Crippen LogP contribution < -0.4 is 0 Å². The van der Waals surface area contributed by atoms with Gasteiger partial charge in [0, 0.05) is 12.3 Å². The highest BCUT2D eigenvalue weighted by Gasteiger charge is 2.39. The SMILES string of the molecule is Cc1ccc(CCCC(=O)C2CC(C)(C)CCC2C(C)C)cc1O. The smallest absolute Gasteiger partial charge is 0.136 e. The highest BCUT2D eigenvalue weighted by atomic mass is 16.3. The Balaban J connectivity index is 1.93. The van der Waals surface area contributed by atoms with Crippen molar-refractivity contribution in [2.45, 2.75) is 73.1 Å². The second-order valence-electron chi connectivity index (χ2n) is 8.86. The molecule has 0 radical (unpaired) electrons. The van der Waals surface area contributed by atoms with E-state index in [9.17, 15) is 9.90 Å². The molecule has 0 amide bonds. The molecule has 0 saturated heterocycles. The minimum Gasteiger partial charge on any atom is -0.508 e. The van der Waals surface area contributed by atoms with Gasteiger partial charge in [0.15, 0.2) is 0 Å². The van der Waals surface area contributed by atoms with Gasteiger partial charge in [0.05, 0.1) is 0 Å². The second kappa shape index (κ2) is 7.72. The van der Waals surface area contributed by atoms with Crippen LogP contribution in [0.5, 0.6) is 5.75 Å². The lowest BCUT2D eigenvalue weighted by atomic mass is 9.62. The van der Waals surface area contributed by atoms with Crippen LogP contribution in [0.4, 0.5) is 0 Å². The average molecular weight is 331 g/mol. The van der Waals surface area contributed by atoms with Crippen molar-refractivity contribution < 1.29 is 9.90 Å².